The Morgan fingerprint density at radius 3 is 2.88 bits per heavy atom. The summed E-state index contributed by atoms with van der Waals surface area (Å²) in [5, 5.41) is 12.7. The molecule has 6 heteroatoms. The zero-order valence-electron chi connectivity index (χ0n) is 15.6. The maximum Gasteiger partial charge on any atom is 0.228 e. The second-order valence-corrected chi connectivity index (χ2v) is 7.06. The van der Waals surface area contributed by atoms with Crippen molar-refractivity contribution in [1.29, 1.82) is 0 Å². The summed E-state index contributed by atoms with van der Waals surface area (Å²) >= 11 is 0. The fraction of sp³-hybridized carbons (Fsp3) is 0.400. The van der Waals surface area contributed by atoms with Gasteiger partial charge < -0.3 is 15.0 Å². The highest BCUT2D eigenvalue weighted by molar-refractivity contribution is 5.80. The number of hydrogen-bond acceptors (Lipinski definition) is 5. The molecule has 26 heavy (non-hydrogen) atoms. The normalized spacial score (nSPS) is 18.2. The number of likely N-dealkylation sites (tertiary alicyclic amines) is 1. The van der Waals surface area contributed by atoms with E-state index in [0.717, 1.165) is 47.0 Å². The Labute approximate surface area is 153 Å². The van der Waals surface area contributed by atoms with Crippen LogP contribution in [0.5, 0.6) is 5.75 Å². The summed E-state index contributed by atoms with van der Waals surface area (Å²) in [6.07, 6.45) is 4.41. The van der Waals surface area contributed by atoms with Crippen LogP contribution in [-0.2, 0) is 0 Å². The number of methoxy groups -OCH3 is 1. The number of ether oxygens (including phenoxy) is 1. The van der Waals surface area contributed by atoms with Gasteiger partial charge in [-0.15, -0.1) is 10.2 Å². The van der Waals surface area contributed by atoms with E-state index in [0.29, 0.717) is 6.04 Å². The number of aromatic nitrogens is 3. The minimum absolute atomic E-state index is 0.405. The molecule has 0 spiro atoms. The SMILES string of the molecule is COc1ccc(-c2nnc(N[C@@H]3CCCN(C)C3)n3cccc23)c(C)c1. The standard InChI is InChI=1S/C20H25N5O/c1-14-12-16(26-3)8-9-17(14)19-18-7-5-11-25(18)20(23-22-19)21-15-6-4-10-24(2)13-15/h5,7-9,11-12,15H,4,6,10,13H2,1-3H3,(H,21,23)/t15-/m1/s1. The van der Waals surface area contributed by atoms with Gasteiger partial charge in [0, 0.05) is 24.3 Å². The van der Waals surface area contributed by atoms with E-state index >= 15 is 0 Å². The lowest BCUT2D eigenvalue weighted by Gasteiger charge is -2.30. The van der Waals surface area contributed by atoms with Crippen molar-refractivity contribution in [3.63, 3.8) is 0 Å². The van der Waals surface area contributed by atoms with Gasteiger partial charge in [0.15, 0.2) is 0 Å². The summed E-state index contributed by atoms with van der Waals surface area (Å²) in [6, 6.07) is 10.6. The number of rotatable bonds is 4. The zero-order chi connectivity index (χ0) is 18.1. The van der Waals surface area contributed by atoms with Gasteiger partial charge in [-0.3, -0.25) is 4.40 Å². The number of nitrogens with zero attached hydrogens (tertiary/aromatic N) is 4. The Balaban J connectivity index is 1.70. The molecule has 3 aromatic rings. The molecule has 0 radical (unpaired) electrons. The molecular weight excluding hydrogens is 326 g/mol. The fourth-order valence-electron chi connectivity index (χ4n) is 3.74. The third-order valence-electron chi connectivity index (χ3n) is 5.11. The molecule has 0 unspecified atom stereocenters. The summed E-state index contributed by atoms with van der Waals surface area (Å²) in [4.78, 5) is 2.36. The Morgan fingerprint density at radius 2 is 2.12 bits per heavy atom. The average Bonchev–Trinajstić information content (AvgIpc) is 3.13. The maximum atomic E-state index is 5.32. The van der Waals surface area contributed by atoms with Gasteiger partial charge in [-0.2, -0.15) is 0 Å². The Morgan fingerprint density at radius 1 is 1.23 bits per heavy atom. The highest BCUT2D eigenvalue weighted by Gasteiger charge is 2.19. The van der Waals surface area contributed by atoms with Crippen molar-refractivity contribution in [1.82, 2.24) is 19.5 Å². The number of fused-ring (bicyclic) bond motifs is 1. The lowest BCUT2D eigenvalue weighted by molar-refractivity contribution is 0.260. The van der Waals surface area contributed by atoms with Crippen LogP contribution in [0.2, 0.25) is 0 Å². The van der Waals surface area contributed by atoms with Gasteiger partial charge in [-0.1, -0.05) is 0 Å². The van der Waals surface area contributed by atoms with Crippen LogP contribution in [0.25, 0.3) is 16.8 Å². The number of benzene rings is 1. The maximum absolute atomic E-state index is 5.32. The largest absolute Gasteiger partial charge is 0.497 e. The molecule has 1 N–H and O–H groups in total. The van der Waals surface area contributed by atoms with E-state index in [1.807, 2.05) is 30.5 Å². The zero-order valence-corrected chi connectivity index (χ0v) is 15.6. The number of likely N-dealkylation sites (N-methyl/N-ethyl adjacent to an activating group) is 1. The highest BCUT2D eigenvalue weighted by atomic mass is 16.5. The summed E-state index contributed by atoms with van der Waals surface area (Å²) in [6.45, 7) is 4.27. The fourth-order valence-corrected chi connectivity index (χ4v) is 3.74. The number of anilines is 1. The molecule has 1 saturated heterocycles. The molecule has 1 aliphatic heterocycles. The van der Waals surface area contributed by atoms with Crippen LogP contribution in [0, 0.1) is 6.92 Å². The van der Waals surface area contributed by atoms with Gasteiger partial charge in [0.05, 0.1) is 12.6 Å². The van der Waals surface area contributed by atoms with E-state index in [-0.39, 0.29) is 0 Å². The molecule has 1 atom stereocenters. The van der Waals surface area contributed by atoms with Crippen molar-refractivity contribution >= 4 is 11.5 Å². The quantitative estimate of drug-likeness (QED) is 0.782. The summed E-state index contributed by atoms with van der Waals surface area (Å²) in [7, 11) is 3.85. The summed E-state index contributed by atoms with van der Waals surface area (Å²) in [5.74, 6) is 1.66. The van der Waals surface area contributed by atoms with E-state index in [1.165, 1.54) is 13.0 Å². The topological polar surface area (TPSA) is 54.7 Å². The van der Waals surface area contributed by atoms with Crippen molar-refractivity contribution in [3.05, 3.63) is 42.1 Å². The number of aryl methyl sites for hydroxylation is 1. The predicted molar refractivity (Wildman–Crippen MR) is 104 cm³/mol. The second kappa shape index (κ2) is 6.96. The first kappa shape index (κ1) is 16.8. The third-order valence-corrected chi connectivity index (χ3v) is 5.11. The van der Waals surface area contributed by atoms with Gasteiger partial charge in [-0.05, 0) is 69.3 Å². The van der Waals surface area contributed by atoms with Crippen LogP contribution in [0.4, 0.5) is 5.95 Å². The molecule has 2 aromatic heterocycles. The predicted octanol–water partition coefficient (Wildman–Crippen LogP) is 3.22. The Kier molecular flexibility index (Phi) is 4.51. The van der Waals surface area contributed by atoms with Crippen LogP contribution in [0.3, 0.4) is 0 Å². The first-order chi connectivity index (χ1) is 12.7. The van der Waals surface area contributed by atoms with Crippen LogP contribution in [-0.4, -0.2) is 52.8 Å². The first-order valence-corrected chi connectivity index (χ1v) is 9.09. The summed E-state index contributed by atoms with van der Waals surface area (Å²) < 4.78 is 7.41. The lowest BCUT2D eigenvalue weighted by atomic mass is 10.0. The van der Waals surface area contributed by atoms with E-state index in [1.54, 1.807) is 7.11 Å². The van der Waals surface area contributed by atoms with E-state index in [2.05, 4.69) is 44.9 Å². The van der Waals surface area contributed by atoms with Crippen LogP contribution < -0.4 is 10.1 Å². The van der Waals surface area contributed by atoms with Crippen molar-refractivity contribution in [2.75, 3.05) is 32.6 Å². The molecule has 0 bridgehead atoms. The summed E-state index contributed by atoms with van der Waals surface area (Å²) in [5.41, 5.74) is 4.14. The molecule has 3 heterocycles. The van der Waals surface area contributed by atoms with Crippen molar-refractivity contribution < 1.29 is 4.74 Å². The Bertz CT molecular complexity index is 920. The minimum Gasteiger partial charge on any atom is -0.497 e. The molecule has 4 rings (SSSR count). The molecule has 1 aromatic carbocycles. The molecular formula is C20H25N5O. The van der Waals surface area contributed by atoms with Crippen molar-refractivity contribution in [3.8, 4) is 17.0 Å². The second-order valence-electron chi connectivity index (χ2n) is 7.06. The van der Waals surface area contributed by atoms with Crippen molar-refractivity contribution in [2.24, 2.45) is 0 Å². The smallest absolute Gasteiger partial charge is 0.228 e. The van der Waals surface area contributed by atoms with E-state index in [4.69, 9.17) is 4.74 Å². The number of hydrogen-bond donors (Lipinski definition) is 1. The monoisotopic (exact) mass is 351 g/mol. The third kappa shape index (κ3) is 3.12. The molecule has 6 nitrogen and oxygen atoms in total. The van der Waals surface area contributed by atoms with E-state index in [9.17, 15) is 0 Å². The number of piperidine rings is 1. The van der Waals surface area contributed by atoms with Gasteiger partial charge in [0.1, 0.15) is 11.4 Å². The van der Waals surface area contributed by atoms with Gasteiger partial charge in [0.25, 0.3) is 0 Å². The van der Waals surface area contributed by atoms with Gasteiger partial charge in [-0.25, -0.2) is 0 Å². The molecule has 0 amide bonds. The molecule has 1 aliphatic rings. The van der Waals surface area contributed by atoms with E-state index < -0.39 is 0 Å². The molecule has 0 aliphatic carbocycles. The average molecular weight is 351 g/mol. The van der Waals surface area contributed by atoms with Crippen LogP contribution >= 0.6 is 0 Å². The highest BCUT2D eigenvalue weighted by Crippen LogP contribution is 2.29. The Hall–Kier alpha value is -2.60. The van der Waals surface area contributed by atoms with Crippen LogP contribution in [0.15, 0.2) is 36.5 Å². The number of nitrogens with one attached hydrogen (secondary N) is 1. The van der Waals surface area contributed by atoms with Crippen LogP contribution in [0.1, 0.15) is 18.4 Å². The molecule has 1 fully saturated rings. The molecule has 136 valence electrons. The first-order valence-electron chi connectivity index (χ1n) is 9.09. The van der Waals surface area contributed by atoms with Gasteiger partial charge in [0.2, 0.25) is 5.95 Å². The van der Waals surface area contributed by atoms with Gasteiger partial charge >= 0.3 is 0 Å². The minimum atomic E-state index is 0.405. The van der Waals surface area contributed by atoms with Crippen molar-refractivity contribution in [2.45, 2.75) is 25.8 Å². The lowest BCUT2D eigenvalue weighted by Crippen LogP contribution is -2.40. The molecule has 0 saturated carbocycles.